The maximum absolute atomic E-state index is 14.0. The van der Waals surface area contributed by atoms with E-state index in [0.29, 0.717) is 18.7 Å². The molecule has 1 aliphatic heterocycles. The van der Waals surface area contributed by atoms with Crippen LogP contribution in [0.25, 0.3) is 0 Å². The summed E-state index contributed by atoms with van der Waals surface area (Å²) in [7, 11) is 5.56. The first-order chi connectivity index (χ1) is 16.9. The molecule has 2 unspecified atom stereocenters. The molecule has 1 aliphatic rings. The molecule has 0 saturated carbocycles. The second-order valence-corrected chi connectivity index (χ2v) is 9.95. The normalized spacial score (nSPS) is 17.6. The van der Waals surface area contributed by atoms with Crippen molar-refractivity contribution in [3.05, 3.63) is 89.5 Å². The van der Waals surface area contributed by atoms with Crippen LogP contribution in [0.5, 0.6) is 5.75 Å². The zero-order valence-electron chi connectivity index (χ0n) is 20.4. The van der Waals surface area contributed by atoms with E-state index in [9.17, 15) is 9.59 Å². The Morgan fingerprint density at radius 3 is 2.34 bits per heavy atom. The highest BCUT2D eigenvalue weighted by Gasteiger charge is 2.41. The first-order valence-corrected chi connectivity index (χ1v) is 12.4. The molecule has 0 aliphatic carbocycles. The van der Waals surface area contributed by atoms with Gasteiger partial charge in [-0.05, 0) is 63.0 Å². The van der Waals surface area contributed by atoms with Gasteiger partial charge in [-0.2, -0.15) is 0 Å². The first-order valence-electron chi connectivity index (χ1n) is 11.5. The predicted octanol–water partition coefficient (Wildman–Crippen LogP) is 4.97. The van der Waals surface area contributed by atoms with Crippen molar-refractivity contribution >= 4 is 29.3 Å². The summed E-state index contributed by atoms with van der Waals surface area (Å²) in [5.41, 5.74) is 3.18. The largest absolute Gasteiger partial charge is 0.497 e. The van der Waals surface area contributed by atoms with Crippen LogP contribution in [0.1, 0.15) is 26.7 Å². The van der Waals surface area contributed by atoms with Gasteiger partial charge < -0.3 is 19.3 Å². The van der Waals surface area contributed by atoms with Gasteiger partial charge in [-0.3, -0.25) is 4.79 Å². The minimum atomic E-state index is -1.00. The molecule has 0 radical (unpaired) electrons. The van der Waals surface area contributed by atoms with Gasteiger partial charge in [0.25, 0.3) is 5.91 Å². The van der Waals surface area contributed by atoms with Crippen molar-refractivity contribution in [2.75, 3.05) is 39.2 Å². The van der Waals surface area contributed by atoms with Crippen LogP contribution in [-0.2, 0) is 9.53 Å². The highest BCUT2D eigenvalue weighted by atomic mass is 32.2. The van der Waals surface area contributed by atoms with Crippen LogP contribution in [0.4, 0.5) is 5.69 Å². The third kappa shape index (κ3) is 5.69. The minimum absolute atomic E-state index is 0.231. The molecule has 0 N–H and O–H groups in total. The van der Waals surface area contributed by atoms with E-state index >= 15 is 0 Å². The minimum Gasteiger partial charge on any atom is -0.497 e. The van der Waals surface area contributed by atoms with Gasteiger partial charge in [-0.15, -0.1) is 11.8 Å². The number of anilines is 1. The third-order valence-electron chi connectivity index (χ3n) is 5.93. The lowest BCUT2D eigenvalue weighted by molar-refractivity contribution is -0.127. The fourth-order valence-electron chi connectivity index (χ4n) is 3.93. The zero-order valence-corrected chi connectivity index (χ0v) is 21.2. The van der Waals surface area contributed by atoms with Crippen molar-refractivity contribution in [1.29, 1.82) is 0 Å². The number of nitrogens with zero attached hydrogens (tertiary/aromatic N) is 2. The summed E-state index contributed by atoms with van der Waals surface area (Å²) in [6.45, 7) is 3.12. The van der Waals surface area contributed by atoms with Gasteiger partial charge in [0.05, 0.1) is 23.6 Å². The average Bonchev–Trinajstić information content (AvgIpc) is 2.97. The summed E-state index contributed by atoms with van der Waals surface area (Å²) in [6.07, 6.45) is -1.00. The fraction of sp³-hybridized carbons (Fsp3) is 0.286. The van der Waals surface area contributed by atoms with Gasteiger partial charge in [-0.25, -0.2) is 4.79 Å². The van der Waals surface area contributed by atoms with Gasteiger partial charge in [0.2, 0.25) is 0 Å². The lowest BCUT2D eigenvalue weighted by atomic mass is 10.0. The smallest absolute Gasteiger partial charge is 0.338 e. The lowest BCUT2D eigenvalue weighted by Gasteiger charge is -2.28. The number of hydrogen-bond acceptors (Lipinski definition) is 6. The summed E-state index contributed by atoms with van der Waals surface area (Å²) in [5.74, 6) is -0.0218. The summed E-state index contributed by atoms with van der Waals surface area (Å²) in [6, 6.07) is 22.6. The molecular formula is C28H30N2O4S. The Bertz CT molecular complexity index is 1180. The molecule has 4 rings (SSSR count). The highest BCUT2D eigenvalue weighted by Crippen LogP contribution is 2.47. The molecule has 0 aromatic heterocycles. The highest BCUT2D eigenvalue weighted by molar-refractivity contribution is 7.99. The summed E-state index contributed by atoms with van der Waals surface area (Å²) in [4.78, 5) is 32.0. The van der Waals surface area contributed by atoms with E-state index in [1.54, 1.807) is 24.1 Å². The molecule has 1 heterocycles. The second kappa shape index (κ2) is 11.0. The summed E-state index contributed by atoms with van der Waals surface area (Å²) < 4.78 is 11.3. The van der Waals surface area contributed by atoms with Crippen molar-refractivity contribution in [2.24, 2.45) is 0 Å². The number of rotatable bonds is 7. The summed E-state index contributed by atoms with van der Waals surface area (Å²) in [5, 5.41) is -0.423. The Morgan fingerprint density at radius 2 is 1.69 bits per heavy atom. The molecule has 6 nitrogen and oxygen atoms in total. The molecule has 35 heavy (non-hydrogen) atoms. The number of benzene rings is 3. The predicted molar refractivity (Wildman–Crippen MR) is 139 cm³/mol. The SMILES string of the molecule is COc1ccc(C2Sc3ccccc3N(CCN(C)C)C(=O)C2OC(=O)c2ccc(C)cc2)cc1. The molecular weight excluding hydrogens is 460 g/mol. The van der Waals surface area contributed by atoms with Gasteiger partial charge in [0.15, 0.2) is 6.10 Å². The maximum Gasteiger partial charge on any atom is 0.338 e. The fourth-order valence-corrected chi connectivity index (χ4v) is 5.25. The van der Waals surface area contributed by atoms with Crippen molar-refractivity contribution in [3.8, 4) is 5.75 Å². The van der Waals surface area contributed by atoms with Crippen LogP contribution in [0, 0.1) is 6.92 Å². The van der Waals surface area contributed by atoms with Crippen LogP contribution in [-0.4, -0.2) is 57.2 Å². The quantitative estimate of drug-likeness (QED) is 0.436. The number of fused-ring (bicyclic) bond motifs is 1. The Labute approximate surface area is 210 Å². The molecule has 7 heteroatoms. The van der Waals surface area contributed by atoms with Crippen molar-refractivity contribution < 1.29 is 19.1 Å². The Kier molecular flexibility index (Phi) is 7.78. The van der Waals surface area contributed by atoms with Crippen LogP contribution >= 0.6 is 11.8 Å². The third-order valence-corrected chi connectivity index (χ3v) is 7.30. The van der Waals surface area contributed by atoms with Crippen molar-refractivity contribution in [2.45, 2.75) is 23.2 Å². The Balaban J connectivity index is 1.76. The molecule has 3 aromatic carbocycles. The monoisotopic (exact) mass is 490 g/mol. The van der Waals surface area contributed by atoms with Gasteiger partial charge in [0.1, 0.15) is 5.75 Å². The standard InChI is InChI=1S/C28H30N2O4S/c1-19-9-11-21(12-10-19)28(32)34-25-26(20-13-15-22(33-4)16-14-20)35-24-8-6-5-7-23(24)30(27(25)31)18-17-29(2)3/h5-16,25-26H,17-18H2,1-4H3. The molecule has 0 spiro atoms. The number of likely N-dealkylation sites (N-methyl/N-ethyl adjacent to an activating group) is 1. The molecule has 3 aromatic rings. The Morgan fingerprint density at radius 1 is 1.00 bits per heavy atom. The van der Waals surface area contributed by atoms with Crippen LogP contribution < -0.4 is 9.64 Å². The average molecular weight is 491 g/mol. The number of methoxy groups -OCH3 is 1. The van der Waals surface area contributed by atoms with Crippen molar-refractivity contribution in [3.63, 3.8) is 0 Å². The lowest BCUT2D eigenvalue weighted by Crippen LogP contribution is -2.45. The van der Waals surface area contributed by atoms with Crippen LogP contribution in [0.3, 0.4) is 0 Å². The zero-order chi connectivity index (χ0) is 24.9. The molecule has 182 valence electrons. The van der Waals surface area contributed by atoms with Crippen LogP contribution in [0.15, 0.2) is 77.7 Å². The van der Waals surface area contributed by atoms with E-state index in [2.05, 4.69) is 0 Å². The molecule has 1 amide bonds. The molecule has 0 saturated heterocycles. The first kappa shape index (κ1) is 24.8. The van der Waals surface area contributed by atoms with Gasteiger partial charge in [0, 0.05) is 18.0 Å². The number of aryl methyl sites for hydroxylation is 1. The number of thioether (sulfide) groups is 1. The van der Waals surface area contributed by atoms with E-state index in [0.717, 1.165) is 27.5 Å². The van der Waals surface area contributed by atoms with E-state index in [4.69, 9.17) is 9.47 Å². The van der Waals surface area contributed by atoms with E-state index in [-0.39, 0.29) is 5.91 Å². The van der Waals surface area contributed by atoms with Gasteiger partial charge in [-0.1, -0.05) is 42.0 Å². The Hall–Kier alpha value is -3.29. The topological polar surface area (TPSA) is 59.1 Å². The molecule has 0 fully saturated rings. The number of para-hydroxylation sites is 1. The number of carbonyl (C=O) groups is 2. The van der Waals surface area contributed by atoms with E-state index < -0.39 is 17.3 Å². The molecule has 2 atom stereocenters. The number of esters is 1. The summed E-state index contributed by atoms with van der Waals surface area (Å²) >= 11 is 1.54. The van der Waals surface area contributed by atoms with Crippen LogP contribution in [0.2, 0.25) is 0 Å². The van der Waals surface area contributed by atoms with E-state index in [1.165, 1.54) is 11.8 Å². The number of hydrogen-bond donors (Lipinski definition) is 0. The molecule has 0 bridgehead atoms. The number of carbonyl (C=O) groups excluding carboxylic acids is 2. The van der Waals surface area contributed by atoms with Gasteiger partial charge >= 0.3 is 5.97 Å². The van der Waals surface area contributed by atoms with Crippen molar-refractivity contribution in [1.82, 2.24) is 4.90 Å². The maximum atomic E-state index is 14.0. The number of amides is 1. The van der Waals surface area contributed by atoms with E-state index in [1.807, 2.05) is 86.6 Å². The second-order valence-electron chi connectivity index (χ2n) is 8.76. The number of ether oxygens (including phenoxy) is 2.